The normalized spacial score (nSPS) is 11.6. The number of para-hydroxylation sites is 2. The molecule has 0 spiro atoms. The molecule has 0 N–H and O–H groups in total. The first-order valence-corrected chi connectivity index (χ1v) is 6.85. The van der Waals surface area contributed by atoms with E-state index in [4.69, 9.17) is 0 Å². The molecule has 1 heterocycles. The molecule has 21 heavy (non-hydrogen) atoms. The van der Waals surface area contributed by atoms with Crippen LogP contribution < -0.4 is 0 Å². The summed E-state index contributed by atoms with van der Waals surface area (Å²) in [6.45, 7) is 0. The van der Waals surface area contributed by atoms with Gasteiger partial charge in [-0.2, -0.15) is 5.10 Å². The van der Waals surface area contributed by atoms with E-state index in [1.165, 1.54) is 10.8 Å². The molecule has 100 valence electrons. The molecule has 0 saturated carbocycles. The highest BCUT2D eigenvalue weighted by Gasteiger charge is 1.99. The lowest BCUT2D eigenvalue weighted by molar-refractivity contribution is 0.914. The highest BCUT2D eigenvalue weighted by molar-refractivity contribution is 5.90. The fourth-order valence-corrected chi connectivity index (χ4v) is 2.46. The number of imidazole rings is 1. The first-order chi connectivity index (χ1) is 10.4. The first-order valence-electron chi connectivity index (χ1n) is 6.85. The number of hydrogen-bond acceptors (Lipinski definition) is 2. The van der Waals surface area contributed by atoms with Crippen LogP contribution in [-0.2, 0) is 0 Å². The van der Waals surface area contributed by atoms with Gasteiger partial charge in [0.25, 0.3) is 0 Å². The van der Waals surface area contributed by atoms with Gasteiger partial charge in [0.2, 0.25) is 0 Å². The van der Waals surface area contributed by atoms with Crippen molar-refractivity contribution in [3.8, 4) is 0 Å². The smallest absolute Gasteiger partial charge is 0.118 e. The molecule has 0 atom stereocenters. The van der Waals surface area contributed by atoms with E-state index >= 15 is 0 Å². The van der Waals surface area contributed by atoms with E-state index in [2.05, 4.69) is 40.4 Å². The van der Waals surface area contributed by atoms with E-state index in [0.29, 0.717) is 0 Å². The van der Waals surface area contributed by atoms with Gasteiger partial charge in [0.05, 0.1) is 17.2 Å². The van der Waals surface area contributed by atoms with Crippen molar-refractivity contribution in [3.05, 3.63) is 78.6 Å². The molecule has 0 saturated heterocycles. The first kappa shape index (κ1) is 11.9. The van der Waals surface area contributed by atoms with Crippen molar-refractivity contribution in [3.63, 3.8) is 0 Å². The predicted octanol–water partition coefficient (Wildman–Crippen LogP) is 4.07. The van der Waals surface area contributed by atoms with E-state index in [1.807, 2.05) is 42.6 Å². The second-order valence-corrected chi connectivity index (χ2v) is 4.93. The van der Waals surface area contributed by atoms with E-state index in [-0.39, 0.29) is 0 Å². The van der Waals surface area contributed by atoms with Crippen LogP contribution >= 0.6 is 0 Å². The standard InChI is InChI=1S/C18H13N3/c1-2-6-16-11-14(9-10-15(16)5-1)12-20-21-13-19-17-7-3-4-8-18(17)21/h1-13H/b20-12-. The lowest BCUT2D eigenvalue weighted by Crippen LogP contribution is -1.89. The molecule has 3 aromatic carbocycles. The monoisotopic (exact) mass is 271 g/mol. The summed E-state index contributed by atoms with van der Waals surface area (Å²) in [5, 5.41) is 6.96. The molecule has 0 aliphatic rings. The van der Waals surface area contributed by atoms with Gasteiger partial charge in [0, 0.05) is 0 Å². The Bertz CT molecular complexity index is 951. The lowest BCUT2D eigenvalue weighted by atomic mass is 10.1. The van der Waals surface area contributed by atoms with Crippen LogP contribution in [0.4, 0.5) is 0 Å². The molecule has 0 fully saturated rings. The fraction of sp³-hybridized carbons (Fsp3) is 0. The Morgan fingerprint density at radius 1 is 0.857 bits per heavy atom. The molecule has 0 aliphatic carbocycles. The molecule has 0 unspecified atom stereocenters. The molecule has 0 radical (unpaired) electrons. The summed E-state index contributed by atoms with van der Waals surface area (Å²) in [6.07, 6.45) is 3.60. The van der Waals surface area contributed by atoms with E-state index in [9.17, 15) is 0 Å². The minimum Gasteiger partial charge on any atom is -0.235 e. The van der Waals surface area contributed by atoms with Crippen molar-refractivity contribution in [2.75, 3.05) is 0 Å². The van der Waals surface area contributed by atoms with Crippen molar-refractivity contribution >= 4 is 28.0 Å². The van der Waals surface area contributed by atoms with Gasteiger partial charge in [-0.25, -0.2) is 9.66 Å². The van der Waals surface area contributed by atoms with Crippen LogP contribution in [0.25, 0.3) is 21.8 Å². The van der Waals surface area contributed by atoms with Crippen molar-refractivity contribution < 1.29 is 0 Å². The van der Waals surface area contributed by atoms with Crippen molar-refractivity contribution in [2.24, 2.45) is 5.10 Å². The maximum Gasteiger partial charge on any atom is 0.118 e. The number of fused-ring (bicyclic) bond motifs is 2. The van der Waals surface area contributed by atoms with E-state index < -0.39 is 0 Å². The molecule has 0 aliphatic heterocycles. The number of benzene rings is 3. The molecule has 0 bridgehead atoms. The Hall–Kier alpha value is -2.94. The Kier molecular flexibility index (Phi) is 2.75. The quantitative estimate of drug-likeness (QED) is 0.505. The van der Waals surface area contributed by atoms with Gasteiger partial charge >= 0.3 is 0 Å². The Morgan fingerprint density at radius 3 is 2.62 bits per heavy atom. The summed E-state index contributed by atoms with van der Waals surface area (Å²) >= 11 is 0. The molecule has 3 heteroatoms. The number of nitrogens with zero attached hydrogens (tertiary/aromatic N) is 3. The highest BCUT2D eigenvalue weighted by Crippen LogP contribution is 2.15. The zero-order valence-corrected chi connectivity index (χ0v) is 11.3. The van der Waals surface area contributed by atoms with Crippen LogP contribution in [0, 0.1) is 0 Å². The largest absolute Gasteiger partial charge is 0.235 e. The summed E-state index contributed by atoms with van der Waals surface area (Å²) < 4.78 is 1.80. The molecular formula is C18H13N3. The van der Waals surface area contributed by atoms with Crippen LogP contribution in [0.15, 0.2) is 78.2 Å². The molecule has 3 nitrogen and oxygen atoms in total. The highest BCUT2D eigenvalue weighted by atomic mass is 15.4. The maximum atomic E-state index is 4.50. The van der Waals surface area contributed by atoms with E-state index in [0.717, 1.165) is 16.6 Å². The minimum absolute atomic E-state index is 0.952. The van der Waals surface area contributed by atoms with Gasteiger partial charge in [0.1, 0.15) is 6.33 Å². The Morgan fingerprint density at radius 2 is 1.67 bits per heavy atom. The fourth-order valence-electron chi connectivity index (χ4n) is 2.46. The average molecular weight is 271 g/mol. The third-order valence-corrected chi connectivity index (χ3v) is 3.54. The predicted molar refractivity (Wildman–Crippen MR) is 86.7 cm³/mol. The summed E-state index contributed by atoms with van der Waals surface area (Å²) in [5.41, 5.74) is 3.04. The molecule has 0 amide bonds. The minimum atomic E-state index is 0.952. The van der Waals surface area contributed by atoms with Gasteiger partial charge in [-0.3, -0.25) is 0 Å². The second-order valence-electron chi connectivity index (χ2n) is 4.93. The SMILES string of the molecule is C(=N/n1cnc2ccccc21)/c1ccc2ccccc2c1. The summed E-state index contributed by atoms with van der Waals surface area (Å²) in [5.74, 6) is 0. The van der Waals surface area contributed by atoms with Crippen LogP contribution in [0.5, 0.6) is 0 Å². The van der Waals surface area contributed by atoms with E-state index in [1.54, 1.807) is 11.0 Å². The number of rotatable bonds is 2. The van der Waals surface area contributed by atoms with Crippen LogP contribution in [-0.4, -0.2) is 15.9 Å². The van der Waals surface area contributed by atoms with Gasteiger partial charge in [-0.05, 0) is 34.5 Å². The zero-order chi connectivity index (χ0) is 14.1. The van der Waals surface area contributed by atoms with Crippen LogP contribution in [0.3, 0.4) is 0 Å². The van der Waals surface area contributed by atoms with Crippen LogP contribution in [0.1, 0.15) is 5.56 Å². The van der Waals surface area contributed by atoms with Gasteiger partial charge in [-0.15, -0.1) is 0 Å². The molecule has 1 aromatic heterocycles. The van der Waals surface area contributed by atoms with Gasteiger partial charge < -0.3 is 0 Å². The lowest BCUT2D eigenvalue weighted by Gasteiger charge is -1.99. The van der Waals surface area contributed by atoms with Crippen LogP contribution in [0.2, 0.25) is 0 Å². The third kappa shape index (κ3) is 2.19. The van der Waals surface area contributed by atoms with Crippen molar-refractivity contribution in [1.29, 1.82) is 0 Å². The maximum absolute atomic E-state index is 4.50. The third-order valence-electron chi connectivity index (χ3n) is 3.54. The Balaban J connectivity index is 1.73. The van der Waals surface area contributed by atoms with Crippen molar-refractivity contribution in [2.45, 2.75) is 0 Å². The zero-order valence-electron chi connectivity index (χ0n) is 11.3. The topological polar surface area (TPSA) is 30.2 Å². The second kappa shape index (κ2) is 4.87. The molecule has 4 aromatic rings. The number of hydrogen-bond donors (Lipinski definition) is 0. The van der Waals surface area contributed by atoms with Gasteiger partial charge in [0.15, 0.2) is 0 Å². The van der Waals surface area contributed by atoms with Crippen molar-refractivity contribution in [1.82, 2.24) is 9.66 Å². The average Bonchev–Trinajstić information content (AvgIpc) is 2.96. The Labute approximate surface area is 122 Å². The summed E-state index contributed by atoms with van der Waals surface area (Å²) in [6, 6.07) is 22.6. The summed E-state index contributed by atoms with van der Waals surface area (Å²) in [4.78, 5) is 4.33. The summed E-state index contributed by atoms with van der Waals surface area (Å²) in [7, 11) is 0. The molecule has 4 rings (SSSR count). The number of aromatic nitrogens is 2. The molecular weight excluding hydrogens is 258 g/mol. The van der Waals surface area contributed by atoms with Gasteiger partial charge in [-0.1, -0.05) is 48.5 Å².